The molecular weight excluding hydrogens is 243 g/mol. The van der Waals surface area contributed by atoms with Gasteiger partial charge in [0, 0.05) is 11.3 Å². The maximum atomic E-state index is 12.8. The number of thioether (sulfide) groups is 1. The predicted molar refractivity (Wildman–Crippen MR) is 65.5 cm³/mol. The topological polar surface area (TPSA) is 62.2 Å². The van der Waals surface area contributed by atoms with Crippen molar-refractivity contribution >= 4 is 17.7 Å². The van der Waals surface area contributed by atoms with Gasteiger partial charge >= 0.3 is 0 Å². The van der Waals surface area contributed by atoms with E-state index in [4.69, 9.17) is 5.11 Å². The summed E-state index contributed by atoms with van der Waals surface area (Å²) in [7, 11) is 0. The van der Waals surface area contributed by atoms with Gasteiger partial charge in [-0.15, -0.1) is 0 Å². The van der Waals surface area contributed by atoms with E-state index in [1.165, 1.54) is 30.0 Å². The van der Waals surface area contributed by atoms with Crippen LogP contribution in [0.2, 0.25) is 0 Å². The van der Waals surface area contributed by atoms with Crippen LogP contribution in [0.4, 0.5) is 4.39 Å². The van der Waals surface area contributed by atoms with E-state index < -0.39 is 11.9 Å². The zero-order chi connectivity index (χ0) is 12.8. The number of aromatic nitrogens is 1. The summed E-state index contributed by atoms with van der Waals surface area (Å²) in [4.78, 5) is 15.2. The first-order chi connectivity index (χ1) is 8.08. The van der Waals surface area contributed by atoms with Crippen LogP contribution in [0.3, 0.4) is 0 Å². The van der Waals surface area contributed by atoms with Gasteiger partial charge in [-0.2, -0.15) is 16.2 Å². The molecule has 0 radical (unpaired) electrons. The number of amides is 1. The summed E-state index contributed by atoms with van der Waals surface area (Å²) in [5, 5.41) is 11.7. The number of rotatable bonds is 5. The first-order valence-corrected chi connectivity index (χ1v) is 6.44. The van der Waals surface area contributed by atoms with Crippen molar-refractivity contribution in [2.45, 2.75) is 18.2 Å². The minimum Gasteiger partial charge on any atom is -0.395 e. The maximum absolute atomic E-state index is 12.8. The van der Waals surface area contributed by atoms with Gasteiger partial charge in [0.05, 0.1) is 6.61 Å². The summed E-state index contributed by atoms with van der Waals surface area (Å²) in [6.07, 6.45) is 1.85. The Hall–Kier alpha value is -1.14. The van der Waals surface area contributed by atoms with E-state index in [0.717, 1.165) is 0 Å². The number of aliphatic hydroxyl groups excluding tert-OH is 1. The molecule has 17 heavy (non-hydrogen) atoms. The number of nitrogens with zero attached hydrogens (tertiary/aromatic N) is 1. The minimum absolute atomic E-state index is 0.0286. The lowest BCUT2D eigenvalue weighted by Crippen LogP contribution is -2.41. The first kappa shape index (κ1) is 13.9. The van der Waals surface area contributed by atoms with Crippen molar-refractivity contribution in [2.24, 2.45) is 0 Å². The summed E-state index contributed by atoms with van der Waals surface area (Å²) < 4.78 is 12.8. The zero-order valence-electron chi connectivity index (χ0n) is 9.68. The third-order valence-electron chi connectivity index (χ3n) is 2.35. The van der Waals surface area contributed by atoms with Crippen LogP contribution in [0, 0.1) is 5.95 Å². The fourth-order valence-corrected chi connectivity index (χ4v) is 1.97. The largest absolute Gasteiger partial charge is 0.395 e. The van der Waals surface area contributed by atoms with Crippen LogP contribution in [0.25, 0.3) is 0 Å². The molecular formula is C11H15FN2O2S. The van der Waals surface area contributed by atoms with E-state index in [-0.39, 0.29) is 23.6 Å². The van der Waals surface area contributed by atoms with E-state index in [2.05, 4.69) is 10.3 Å². The molecule has 1 aromatic heterocycles. The Morgan fingerprint density at radius 3 is 2.88 bits per heavy atom. The molecule has 94 valence electrons. The summed E-state index contributed by atoms with van der Waals surface area (Å²) in [5.74, 6) is -1.13. The molecule has 0 aliphatic rings. The van der Waals surface area contributed by atoms with Crippen LogP contribution >= 0.6 is 11.8 Å². The number of hydrogen-bond acceptors (Lipinski definition) is 4. The Morgan fingerprint density at radius 1 is 1.65 bits per heavy atom. The number of halogens is 1. The van der Waals surface area contributed by atoms with Crippen LogP contribution in [-0.4, -0.2) is 40.2 Å². The molecule has 2 unspecified atom stereocenters. The lowest BCUT2D eigenvalue weighted by Gasteiger charge is -2.20. The molecule has 2 atom stereocenters. The molecule has 2 N–H and O–H groups in total. The highest BCUT2D eigenvalue weighted by atomic mass is 32.2. The molecule has 6 heteroatoms. The molecule has 0 bridgehead atoms. The minimum atomic E-state index is -0.686. The average molecular weight is 258 g/mol. The van der Waals surface area contributed by atoms with E-state index in [1.807, 2.05) is 6.26 Å². The summed E-state index contributed by atoms with van der Waals surface area (Å²) >= 11 is 1.46. The number of carbonyl (C=O) groups is 1. The number of carbonyl (C=O) groups excluding carboxylic acids is 1. The second kappa shape index (κ2) is 6.56. The molecule has 4 nitrogen and oxygen atoms in total. The highest BCUT2D eigenvalue weighted by Gasteiger charge is 2.18. The van der Waals surface area contributed by atoms with Crippen LogP contribution in [0.15, 0.2) is 18.2 Å². The molecule has 0 fully saturated rings. The van der Waals surface area contributed by atoms with E-state index in [9.17, 15) is 9.18 Å². The van der Waals surface area contributed by atoms with Crippen molar-refractivity contribution < 1.29 is 14.3 Å². The van der Waals surface area contributed by atoms with Gasteiger partial charge in [-0.1, -0.05) is 6.07 Å². The van der Waals surface area contributed by atoms with Gasteiger partial charge in [0.25, 0.3) is 5.91 Å². The van der Waals surface area contributed by atoms with Crippen molar-refractivity contribution in [1.29, 1.82) is 0 Å². The van der Waals surface area contributed by atoms with Crippen LogP contribution < -0.4 is 5.32 Å². The molecule has 0 aliphatic carbocycles. The predicted octanol–water partition coefficient (Wildman–Crippen LogP) is 1.06. The molecule has 0 saturated carbocycles. The normalized spacial score (nSPS) is 14.1. The Kier molecular flexibility index (Phi) is 5.37. The maximum Gasteiger partial charge on any atom is 0.270 e. The summed E-state index contributed by atoms with van der Waals surface area (Å²) in [6.45, 7) is 1.76. The van der Waals surface area contributed by atoms with E-state index >= 15 is 0 Å². The first-order valence-electron chi connectivity index (χ1n) is 5.15. The van der Waals surface area contributed by atoms with Crippen molar-refractivity contribution in [3.63, 3.8) is 0 Å². The fraction of sp³-hybridized carbons (Fsp3) is 0.455. The van der Waals surface area contributed by atoms with E-state index in [0.29, 0.717) is 0 Å². The third-order valence-corrected chi connectivity index (χ3v) is 3.51. The van der Waals surface area contributed by atoms with Gasteiger partial charge in [-0.25, -0.2) is 4.98 Å². The zero-order valence-corrected chi connectivity index (χ0v) is 10.5. The van der Waals surface area contributed by atoms with E-state index in [1.54, 1.807) is 6.92 Å². The van der Waals surface area contributed by atoms with Crippen molar-refractivity contribution in [3.8, 4) is 0 Å². The standard InChI is InChI=1S/C11H15FN2O2S/c1-7(9(6-15)17-2)13-11(16)8-4-3-5-10(12)14-8/h3-5,7,9,15H,6H2,1-2H3,(H,13,16). The quantitative estimate of drug-likeness (QED) is 0.775. The van der Waals surface area contributed by atoms with Crippen LogP contribution in [-0.2, 0) is 0 Å². The van der Waals surface area contributed by atoms with Crippen molar-refractivity contribution in [2.75, 3.05) is 12.9 Å². The second-order valence-corrected chi connectivity index (χ2v) is 4.64. The summed E-state index contributed by atoms with van der Waals surface area (Å²) in [5.41, 5.74) is 0.0367. The SMILES string of the molecule is CSC(CO)C(C)NC(=O)c1cccc(F)n1. The third kappa shape index (κ3) is 3.98. The number of hydrogen-bond donors (Lipinski definition) is 2. The smallest absolute Gasteiger partial charge is 0.270 e. The van der Waals surface area contributed by atoms with Crippen molar-refractivity contribution in [1.82, 2.24) is 10.3 Å². The highest BCUT2D eigenvalue weighted by molar-refractivity contribution is 7.99. The van der Waals surface area contributed by atoms with Crippen LogP contribution in [0.5, 0.6) is 0 Å². The Bertz CT molecular complexity index is 385. The fourth-order valence-electron chi connectivity index (χ4n) is 1.35. The average Bonchev–Trinajstić information content (AvgIpc) is 2.30. The molecule has 0 saturated heterocycles. The second-order valence-electron chi connectivity index (χ2n) is 3.56. The Labute approximate surface area is 104 Å². The summed E-state index contributed by atoms with van der Waals surface area (Å²) in [6, 6.07) is 3.84. The molecule has 1 aromatic rings. The molecule has 1 amide bonds. The van der Waals surface area contributed by atoms with Crippen LogP contribution in [0.1, 0.15) is 17.4 Å². The number of aliphatic hydroxyl groups is 1. The lowest BCUT2D eigenvalue weighted by atomic mass is 10.2. The molecule has 1 heterocycles. The highest BCUT2D eigenvalue weighted by Crippen LogP contribution is 2.10. The lowest BCUT2D eigenvalue weighted by molar-refractivity contribution is 0.0929. The number of nitrogens with one attached hydrogen (secondary N) is 1. The molecule has 0 spiro atoms. The molecule has 0 aromatic carbocycles. The Balaban J connectivity index is 2.66. The van der Waals surface area contributed by atoms with Gasteiger partial charge in [0.1, 0.15) is 5.69 Å². The van der Waals surface area contributed by atoms with Gasteiger partial charge < -0.3 is 10.4 Å². The van der Waals surface area contributed by atoms with Gasteiger partial charge in [0.15, 0.2) is 0 Å². The Morgan fingerprint density at radius 2 is 2.35 bits per heavy atom. The monoisotopic (exact) mass is 258 g/mol. The van der Waals surface area contributed by atoms with Gasteiger partial charge in [0.2, 0.25) is 5.95 Å². The van der Waals surface area contributed by atoms with Crippen molar-refractivity contribution in [3.05, 3.63) is 29.8 Å². The molecule has 0 aliphatic heterocycles. The molecule has 1 rings (SSSR count). The van der Waals surface area contributed by atoms with Gasteiger partial charge in [-0.05, 0) is 25.3 Å². The van der Waals surface area contributed by atoms with Gasteiger partial charge in [-0.3, -0.25) is 4.79 Å². The number of pyridine rings is 1.